The fraction of sp³-hybridized carbons (Fsp3) is 0.333. The summed E-state index contributed by atoms with van der Waals surface area (Å²) in [4.78, 5) is 13.8. The number of hydrogen-bond acceptors (Lipinski definition) is 7. The van der Waals surface area contributed by atoms with Gasteiger partial charge in [-0.3, -0.25) is 9.36 Å². The van der Waals surface area contributed by atoms with Crippen molar-refractivity contribution in [2.24, 2.45) is 0 Å². The lowest BCUT2D eigenvalue weighted by Gasteiger charge is -2.09. The average Bonchev–Trinajstić information content (AvgIpc) is 3.45. The summed E-state index contributed by atoms with van der Waals surface area (Å²) in [7, 11) is 1.65. The molecule has 0 unspecified atom stereocenters. The first-order chi connectivity index (χ1) is 14.7. The summed E-state index contributed by atoms with van der Waals surface area (Å²) in [6.07, 6.45) is 3.00. The maximum Gasteiger partial charge on any atom is 0.235 e. The Hall–Kier alpha value is -2.67. The van der Waals surface area contributed by atoms with Crippen molar-refractivity contribution in [1.82, 2.24) is 14.8 Å². The Balaban J connectivity index is 1.46. The summed E-state index contributed by atoms with van der Waals surface area (Å²) < 4.78 is 7.20. The molecule has 1 N–H and O–H groups in total. The van der Waals surface area contributed by atoms with Gasteiger partial charge in [0.2, 0.25) is 5.91 Å². The van der Waals surface area contributed by atoms with Crippen molar-refractivity contribution in [3.05, 3.63) is 46.3 Å². The van der Waals surface area contributed by atoms with Gasteiger partial charge in [0.1, 0.15) is 11.1 Å². The minimum atomic E-state index is -0.154. The molecule has 0 saturated carbocycles. The van der Waals surface area contributed by atoms with Crippen molar-refractivity contribution in [2.45, 2.75) is 31.0 Å². The number of aromatic nitrogens is 3. The minimum Gasteiger partial charge on any atom is -0.383 e. The largest absolute Gasteiger partial charge is 0.383 e. The molecule has 1 amide bonds. The van der Waals surface area contributed by atoms with Gasteiger partial charge in [-0.1, -0.05) is 42.1 Å². The molecule has 2 aromatic heterocycles. The van der Waals surface area contributed by atoms with Gasteiger partial charge in [-0.05, 0) is 24.8 Å². The molecule has 1 aliphatic rings. The summed E-state index contributed by atoms with van der Waals surface area (Å²) >= 11 is 2.85. The number of thiophene rings is 1. The van der Waals surface area contributed by atoms with Crippen molar-refractivity contribution in [2.75, 3.05) is 24.8 Å². The van der Waals surface area contributed by atoms with Crippen LogP contribution in [0.25, 0.3) is 11.4 Å². The number of rotatable bonds is 8. The van der Waals surface area contributed by atoms with E-state index in [0.717, 1.165) is 36.2 Å². The van der Waals surface area contributed by atoms with Crippen LogP contribution in [0.5, 0.6) is 0 Å². The van der Waals surface area contributed by atoms with E-state index in [9.17, 15) is 10.1 Å². The third-order valence-corrected chi connectivity index (χ3v) is 7.06. The number of aryl methyl sites for hydroxylation is 1. The van der Waals surface area contributed by atoms with Crippen molar-refractivity contribution < 1.29 is 9.53 Å². The Bertz CT molecular complexity index is 1090. The molecule has 0 atom stereocenters. The van der Waals surface area contributed by atoms with Crippen LogP contribution in [0.3, 0.4) is 0 Å². The van der Waals surface area contributed by atoms with Crippen molar-refractivity contribution in [3.63, 3.8) is 0 Å². The number of carbonyl (C=O) groups excluding carboxylic acids is 1. The quantitative estimate of drug-likeness (QED) is 0.538. The van der Waals surface area contributed by atoms with Crippen LogP contribution >= 0.6 is 23.1 Å². The summed E-state index contributed by atoms with van der Waals surface area (Å²) in [5.74, 6) is 0.781. The first-order valence-corrected chi connectivity index (χ1v) is 11.5. The smallest absolute Gasteiger partial charge is 0.235 e. The van der Waals surface area contributed by atoms with Gasteiger partial charge in [-0.2, -0.15) is 5.26 Å². The topological polar surface area (TPSA) is 92.8 Å². The Morgan fingerprint density at radius 2 is 2.17 bits per heavy atom. The third kappa shape index (κ3) is 4.26. The van der Waals surface area contributed by atoms with E-state index in [1.165, 1.54) is 28.0 Å². The second kappa shape index (κ2) is 9.43. The highest BCUT2D eigenvalue weighted by molar-refractivity contribution is 7.99. The second-order valence-corrected chi connectivity index (χ2v) is 8.87. The van der Waals surface area contributed by atoms with Gasteiger partial charge in [-0.25, -0.2) is 0 Å². The number of benzene rings is 1. The van der Waals surface area contributed by atoms with Crippen LogP contribution in [-0.4, -0.2) is 40.1 Å². The molecule has 154 valence electrons. The van der Waals surface area contributed by atoms with E-state index in [4.69, 9.17) is 4.74 Å². The molecule has 7 nitrogen and oxygen atoms in total. The molecule has 0 fully saturated rings. The first-order valence-electron chi connectivity index (χ1n) is 9.66. The molecule has 4 rings (SSSR count). The van der Waals surface area contributed by atoms with Gasteiger partial charge < -0.3 is 10.1 Å². The zero-order valence-corrected chi connectivity index (χ0v) is 18.2. The van der Waals surface area contributed by atoms with E-state index in [2.05, 4.69) is 21.6 Å². The van der Waals surface area contributed by atoms with Gasteiger partial charge in [0, 0.05) is 17.6 Å². The van der Waals surface area contributed by atoms with Crippen molar-refractivity contribution in [3.8, 4) is 17.5 Å². The Morgan fingerprint density at radius 1 is 1.33 bits per heavy atom. The van der Waals surface area contributed by atoms with Crippen molar-refractivity contribution in [1.29, 1.82) is 5.26 Å². The van der Waals surface area contributed by atoms with Crippen LogP contribution in [0.4, 0.5) is 5.00 Å². The highest BCUT2D eigenvalue weighted by atomic mass is 32.2. The fourth-order valence-corrected chi connectivity index (χ4v) is 5.50. The normalized spacial score (nSPS) is 12.5. The van der Waals surface area contributed by atoms with Crippen LogP contribution in [0.1, 0.15) is 22.4 Å². The molecule has 0 spiro atoms. The summed E-state index contributed by atoms with van der Waals surface area (Å²) in [5, 5.41) is 22.3. The summed E-state index contributed by atoms with van der Waals surface area (Å²) in [6, 6.07) is 12.1. The molecule has 2 heterocycles. The third-order valence-electron chi connectivity index (χ3n) is 4.89. The molecule has 30 heavy (non-hydrogen) atoms. The fourth-order valence-electron chi connectivity index (χ4n) is 3.48. The number of amides is 1. The molecule has 0 radical (unpaired) electrons. The zero-order chi connectivity index (χ0) is 20.9. The van der Waals surface area contributed by atoms with Crippen LogP contribution in [-0.2, 0) is 28.9 Å². The predicted molar refractivity (Wildman–Crippen MR) is 118 cm³/mol. The summed E-state index contributed by atoms with van der Waals surface area (Å²) in [6.45, 7) is 1.11. The number of nitrogens with one attached hydrogen (secondary N) is 1. The lowest BCUT2D eigenvalue weighted by Crippen LogP contribution is -2.15. The molecule has 1 aliphatic carbocycles. The van der Waals surface area contributed by atoms with Gasteiger partial charge >= 0.3 is 0 Å². The zero-order valence-electron chi connectivity index (χ0n) is 16.6. The van der Waals surface area contributed by atoms with Crippen molar-refractivity contribution >= 4 is 34.0 Å². The maximum atomic E-state index is 12.6. The SMILES string of the molecule is COCCn1c(SCC(=O)Nc2sc3c(c2C#N)CCC3)nnc1-c1ccccc1. The average molecular weight is 440 g/mol. The second-order valence-electron chi connectivity index (χ2n) is 6.83. The Morgan fingerprint density at radius 3 is 2.93 bits per heavy atom. The number of nitrogens with zero attached hydrogens (tertiary/aromatic N) is 4. The molecule has 3 aromatic rings. The predicted octanol–water partition coefficient (Wildman–Crippen LogP) is 3.74. The monoisotopic (exact) mass is 439 g/mol. The highest BCUT2D eigenvalue weighted by Crippen LogP contribution is 2.38. The number of methoxy groups -OCH3 is 1. The van der Waals surface area contributed by atoms with Crippen LogP contribution in [0.2, 0.25) is 0 Å². The minimum absolute atomic E-state index is 0.154. The number of hydrogen-bond donors (Lipinski definition) is 1. The lowest BCUT2D eigenvalue weighted by atomic mass is 10.1. The van der Waals surface area contributed by atoms with E-state index < -0.39 is 0 Å². The standard InChI is InChI=1S/C21H21N5O2S2/c1-28-11-10-26-19(14-6-3-2-4-7-14)24-25-21(26)29-13-18(27)23-20-16(12-22)15-8-5-9-17(15)30-20/h2-4,6-7H,5,8-11,13H2,1H3,(H,23,27). The molecule has 0 aliphatic heterocycles. The van der Waals surface area contributed by atoms with Gasteiger partial charge in [0.15, 0.2) is 11.0 Å². The molecule has 9 heteroatoms. The molecule has 0 saturated heterocycles. The van der Waals surface area contributed by atoms with E-state index in [-0.39, 0.29) is 11.7 Å². The van der Waals surface area contributed by atoms with Crippen LogP contribution < -0.4 is 5.32 Å². The number of ether oxygens (including phenoxy) is 1. The number of carbonyl (C=O) groups is 1. The van der Waals surface area contributed by atoms with Crippen LogP contribution in [0, 0.1) is 11.3 Å². The summed E-state index contributed by atoms with van der Waals surface area (Å²) in [5.41, 5.74) is 2.70. The molecule has 0 bridgehead atoms. The lowest BCUT2D eigenvalue weighted by molar-refractivity contribution is -0.113. The Kier molecular flexibility index (Phi) is 6.47. The Labute approximate surface area is 183 Å². The number of thioether (sulfide) groups is 1. The van der Waals surface area contributed by atoms with Gasteiger partial charge in [-0.15, -0.1) is 21.5 Å². The molecule has 1 aromatic carbocycles. The number of fused-ring (bicyclic) bond motifs is 1. The molecular weight excluding hydrogens is 418 g/mol. The van der Waals surface area contributed by atoms with Crippen LogP contribution in [0.15, 0.2) is 35.5 Å². The number of nitriles is 1. The van der Waals surface area contributed by atoms with Gasteiger partial charge in [0.25, 0.3) is 0 Å². The van der Waals surface area contributed by atoms with E-state index >= 15 is 0 Å². The number of anilines is 1. The van der Waals surface area contributed by atoms with E-state index in [0.29, 0.717) is 28.9 Å². The van der Waals surface area contributed by atoms with Gasteiger partial charge in [0.05, 0.1) is 24.5 Å². The molecular formula is C21H21N5O2S2. The highest BCUT2D eigenvalue weighted by Gasteiger charge is 2.23. The van der Waals surface area contributed by atoms with E-state index in [1.54, 1.807) is 7.11 Å². The van der Waals surface area contributed by atoms with E-state index in [1.807, 2.05) is 34.9 Å². The maximum absolute atomic E-state index is 12.6. The first kappa shape index (κ1) is 20.6.